The van der Waals surface area contributed by atoms with Gasteiger partial charge in [-0.3, -0.25) is 10.2 Å². The molecule has 7 heteroatoms. The summed E-state index contributed by atoms with van der Waals surface area (Å²) in [6.07, 6.45) is 1.35. The van der Waals surface area contributed by atoms with Gasteiger partial charge in [-0.1, -0.05) is 11.6 Å². The lowest BCUT2D eigenvalue weighted by Gasteiger charge is -2.07. The van der Waals surface area contributed by atoms with Crippen LogP contribution in [0.3, 0.4) is 0 Å². The molecule has 3 N–H and O–H groups in total. The van der Waals surface area contributed by atoms with Crippen molar-refractivity contribution >= 4 is 17.5 Å². The van der Waals surface area contributed by atoms with E-state index in [0.717, 1.165) is 0 Å². The molecule has 102 valence electrons. The Morgan fingerprint density at radius 3 is 3.00 bits per heavy atom. The van der Waals surface area contributed by atoms with Gasteiger partial charge in [0, 0.05) is 11.1 Å². The van der Waals surface area contributed by atoms with Gasteiger partial charge in [-0.25, -0.2) is 5.84 Å². The van der Waals surface area contributed by atoms with Gasteiger partial charge < -0.3 is 9.15 Å². The number of carbonyl (C=O) groups is 1. The van der Waals surface area contributed by atoms with Crippen molar-refractivity contribution in [2.24, 2.45) is 5.84 Å². The lowest BCUT2D eigenvalue weighted by atomic mass is 10.2. The molecular weight excluding hydrogens is 282 g/mol. The molecule has 2 rings (SSSR count). The molecule has 0 bridgehead atoms. The summed E-state index contributed by atoms with van der Waals surface area (Å²) in [5.41, 5.74) is 2.62. The van der Waals surface area contributed by atoms with Gasteiger partial charge in [0.25, 0.3) is 5.91 Å². The summed E-state index contributed by atoms with van der Waals surface area (Å²) in [5.74, 6) is 5.20. The number of nitrogens with one attached hydrogen (secondary N) is 1. The molecule has 0 spiro atoms. The lowest BCUT2D eigenvalue weighted by Crippen LogP contribution is -2.30. The quantitative estimate of drug-likeness (QED) is 0.509. The first kappa shape index (κ1) is 13.9. The van der Waals surface area contributed by atoms with Gasteiger partial charge in [0.2, 0.25) is 0 Å². The maximum atomic E-state index is 11.5. The number of nitrogen functional groups attached to an aromatic ring is 1. The number of nitrogens with zero attached hydrogens (tertiary/aromatic N) is 1. The monoisotopic (exact) mass is 291 g/mol. The molecule has 1 amide bonds. The van der Waals surface area contributed by atoms with Crippen molar-refractivity contribution in [2.75, 3.05) is 0 Å². The number of hydrazine groups is 1. The minimum atomic E-state index is -0.482. The van der Waals surface area contributed by atoms with E-state index in [2.05, 4.69) is 0 Å². The molecule has 0 aliphatic rings. The zero-order valence-corrected chi connectivity index (χ0v) is 11.0. The van der Waals surface area contributed by atoms with Gasteiger partial charge in [0.15, 0.2) is 5.76 Å². The number of nitriles is 1. The van der Waals surface area contributed by atoms with Crippen LogP contribution in [0.15, 0.2) is 34.9 Å². The molecular formula is C13H10ClN3O3. The molecule has 0 unspecified atom stereocenters. The van der Waals surface area contributed by atoms with Crippen LogP contribution in [-0.2, 0) is 6.61 Å². The summed E-state index contributed by atoms with van der Waals surface area (Å²) in [6.45, 7) is -0.0230. The average molecular weight is 292 g/mol. The number of halogens is 1. The number of hydrogen-bond acceptors (Lipinski definition) is 5. The van der Waals surface area contributed by atoms with Gasteiger partial charge in [0.1, 0.15) is 18.4 Å². The van der Waals surface area contributed by atoms with Crippen LogP contribution in [0.5, 0.6) is 5.75 Å². The molecule has 0 fully saturated rings. The first-order chi connectivity index (χ1) is 9.65. The molecule has 0 atom stereocenters. The maximum Gasteiger partial charge on any atom is 0.268 e. The number of benzene rings is 1. The van der Waals surface area contributed by atoms with Crippen LogP contribution in [0.2, 0.25) is 5.02 Å². The largest absolute Gasteiger partial charge is 0.484 e. The third kappa shape index (κ3) is 2.91. The Kier molecular flexibility index (Phi) is 4.25. The van der Waals surface area contributed by atoms with E-state index in [-0.39, 0.29) is 12.2 Å². The number of amides is 1. The van der Waals surface area contributed by atoms with Gasteiger partial charge in [-0.15, -0.1) is 0 Å². The van der Waals surface area contributed by atoms with E-state index in [9.17, 15) is 4.79 Å². The Bertz CT molecular complexity index is 676. The second-order valence-corrected chi connectivity index (χ2v) is 4.21. The predicted octanol–water partition coefficient (Wildman–Crippen LogP) is 1.99. The fourth-order valence-electron chi connectivity index (χ4n) is 1.58. The molecule has 1 heterocycles. The molecule has 1 aromatic carbocycles. The van der Waals surface area contributed by atoms with E-state index < -0.39 is 5.91 Å². The Hall–Kier alpha value is -2.49. The Labute approximate surface area is 119 Å². The van der Waals surface area contributed by atoms with Crippen LogP contribution < -0.4 is 16.0 Å². The van der Waals surface area contributed by atoms with E-state index in [1.807, 2.05) is 11.5 Å². The minimum Gasteiger partial charge on any atom is -0.484 e. The van der Waals surface area contributed by atoms with Crippen molar-refractivity contribution in [3.8, 4) is 11.8 Å². The van der Waals surface area contributed by atoms with E-state index in [4.69, 9.17) is 31.9 Å². The fourth-order valence-corrected chi connectivity index (χ4v) is 1.75. The van der Waals surface area contributed by atoms with Crippen LogP contribution in [0.4, 0.5) is 0 Å². The third-order valence-electron chi connectivity index (χ3n) is 2.54. The highest BCUT2D eigenvalue weighted by molar-refractivity contribution is 6.30. The number of furan rings is 1. The number of rotatable bonds is 4. The van der Waals surface area contributed by atoms with E-state index in [0.29, 0.717) is 22.1 Å². The smallest absolute Gasteiger partial charge is 0.268 e. The van der Waals surface area contributed by atoms with E-state index in [1.54, 1.807) is 12.1 Å². The number of carbonyl (C=O) groups excluding carboxylic acids is 1. The molecule has 2 aromatic rings. The van der Waals surface area contributed by atoms with Gasteiger partial charge in [0.05, 0.1) is 17.4 Å². The number of nitrogens with two attached hydrogens (primary N) is 1. The summed E-state index contributed by atoms with van der Waals surface area (Å²) in [7, 11) is 0. The fraction of sp³-hybridized carbons (Fsp3) is 0.0769. The Morgan fingerprint density at radius 2 is 2.30 bits per heavy atom. The maximum absolute atomic E-state index is 11.5. The first-order valence-corrected chi connectivity index (χ1v) is 5.93. The van der Waals surface area contributed by atoms with Crippen molar-refractivity contribution in [3.63, 3.8) is 0 Å². The summed E-state index contributed by atoms with van der Waals surface area (Å²) >= 11 is 5.85. The van der Waals surface area contributed by atoms with Gasteiger partial charge in [-0.2, -0.15) is 5.26 Å². The van der Waals surface area contributed by atoms with Crippen molar-refractivity contribution in [2.45, 2.75) is 6.61 Å². The highest BCUT2D eigenvalue weighted by atomic mass is 35.5. The second-order valence-electron chi connectivity index (χ2n) is 3.77. The molecule has 0 aliphatic carbocycles. The van der Waals surface area contributed by atoms with E-state index >= 15 is 0 Å². The molecule has 0 radical (unpaired) electrons. The van der Waals surface area contributed by atoms with Crippen LogP contribution in [0.25, 0.3) is 0 Å². The Balaban J connectivity index is 2.18. The zero-order valence-electron chi connectivity index (χ0n) is 10.2. The molecule has 1 aromatic heterocycles. The minimum absolute atomic E-state index is 0.0230. The van der Waals surface area contributed by atoms with Crippen molar-refractivity contribution in [1.82, 2.24) is 5.43 Å². The zero-order chi connectivity index (χ0) is 14.5. The second kappa shape index (κ2) is 6.10. The average Bonchev–Trinajstić information content (AvgIpc) is 2.92. The summed E-state index contributed by atoms with van der Waals surface area (Å²) < 4.78 is 10.6. The molecule has 0 saturated carbocycles. The van der Waals surface area contributed by atoms with Crippen molar-refractivity contribution < 1.29 is 13.9 Å². The van der Waals surface area contributed by atoms with E-state index in [1.165, 1.54) is 18.4 Å². The van der Waals surface area contributed by atoms with Crippen LogP contribution >= 0.6 is 11.6 Å². The van der Waals surface area contributed by atoms with Crippen LogP contribution in [0.1, 0.15) is 21.7 Å². The lowest BCUT2D eigenvalue weighted by molar-refractivity contribution is 0.0949. The van der Waals surface area contributed by atoms with Crippen LogP contribution in [-0.4, -0.2) is 5.91 Å². The van der Waals surface area contributed by atoms with Crippen molar-refractivity contribution in [1.29, 1.82) is 5.26 Å². The van der Waals surface area contributed by atoms with Crippen molar-refractivity contribution in [3.05, 3.63) is 52.4 Å². The highest BCUT2D eigenvalue weighted by Gasteiger charge is 2.15. The first-order valence-electron chi connectivity index (χ1n) is 5.55. The Morgan fingerprint density at radius 1 is 1.50 bits per heavy atom. The normalized spacial score (nSPS) is 9.85. The predicted molar refractivity (Wildman–Crippen MR) is 70.9 cm³/mol. The molecule has 6 nitrogen and oxygen atoms in total. The van der Waals surface area contributed by atoms with Gasteiger partial charge >= 0.3 is 0 Å². The third-order valence-corrected chi connectivity index (χ3v) is 2.78. The summed E-state index contributed by atoms with van der Waals surface area (Å²) in [4.78, 5) is 11.5. The summed E-state index contributed by atoms with van der Waals surface area (Å²) in [5, 5.41) is 9.41. The topological polar surface area (TPSA) is 101 Å². The molecule has 0 saturated heterocycles. The van der Waals surface area contributed by atoms with Crippen LogP contribution in [0, 0.1) is 11.3 Å². The molecule has 0 aliphatic heterocycles. The number of ether oxygens (including phenoxy) is 1. The SMILES string of the molecule is N#Cc1ccc(Cl)cc1OCc1occc1C(=O)NN. The number of hydrogen-bond donors (Lipinski definition) is 2. The van der Waals surface area contributed by atoms with Gasteiger partial charge in [-0.05, 0) is 18.2 Å². The standard InChI is InChI=1S/C13H10ClN3O3/c14-9-2-1-8(6-15)11(5-9)20-7-12-10(3-4-19-12)13(18)17-16/h1-5H,7,16H2,(H,17,18). The summed E-state index contributed by atoms with van der Waals surface area (Å²) in [6, 6.07) is 8.12. The molecule has 20 heavy (non-hydrogen) atoms. The highest BCUT2D eigenvalue weighted by Crippen LogP contribution is 2.24.